The topological polar surface area (TPSA) is 64.3 Å². The van der Waals surface area contributed by atoms with E-state index in [0.717, 1.165) is 16.9 Å². The number of nitrogens with zero attached hydrogens (tertiary/aromatic N) is 3. The zero-order valence-corrected chi connectivity index (χ0v) is 11.4. The quantitative estimate of drug-likeness (QED) is 0.908. The second-order valence-electron chi connectivity index (χ2n) is 4.47. The Bertz CT molecular complexity index is 552. The standard InChI is InChI=1S/C14H18N4O/c1-18(2)11-6-4-10(5-7-11)12-8-13(15)17-14(16-12)9-19-3/h4-8H,9H2,1-3H3,(H2,15,16,17). The highest BCUT2D eigenvalue weighted by atomic mass is 16.5. The first-order valence-electron chi connectivity index (χ1n) is 6.00. The number of nitrogen functional groups attached to an aromatic ring is 1. The minimum absolute atomic E-state index is 0.355. The third kappa shape index (κ3) is 3.20. The molecule has 100 valence electrons. The molecule has 2 rings (SSSR count). The molecule has 0 aliphatic carbocycles. The van der Waals surface area contributed by atoms with Crippen molar-refractivity contribution >= 4 is 11.5 Å². The molecule has 5 heteroatoms. The summed E-state index contributed by atoms with van der Waals surface area (Å²) in [6.07, 6.45) is 0. The molecule has 19 heavy (non-hydrogen) atoms. The van der Waals surface area contributed by atoms with Crippen LogP contribution in [0.1, 0.15) is 5.82 Å². The summed E-state index contributed by atoms with van der Waals surface area (Å²) in [5.41, 5.74) is 8.75. The fourth-order valence-corrected chi connectivity index (χ4v) is 1.79. The maximum atomic E-state index is 5.79. The molecule has 0 bridgehead atoms. The number of benzene rings is 1. The fourth-order valence-electron chi connectivity index (χ4n) is 1.79. The minimum atomic E-state index is 0.355. The van der Waals surface area contributed by atoms with E-state index in [1.165, 1.54) is 0 Å². The number of hydrogen-bond acceptors (Lipinski definition) is 5. The summed E-state index contributed by atoms with van der Waals surface area (Å²) in [7, 11) is 5.63. The van der Waals surface area contributed by atoms with E-state index in [4.69, 9.17) is 10.5 Å². The third-order valence-corrected chi connectivity index (χ3v) is 2.75. The summed E-state index contributed by atoms with van der Waals surface area (Å²) in [4.78, 5) is 10.6. The molecule has 2 aromatic rings. The van der Waals surface area contributed by atoms with Crippen LogP contribution >= 0.6 is 0 Å². The highest BCUT2D eigenvalue weighted by Crippen LogP contribution is 2.22. The van der Waals surface area contributed by atoms with Crippen LogP contribution in [-0.4, -0.2) is 31.2 Å². The van der Waals surface area contributed by atoms with E-state index >= 15 is 0 Å². The lowest BCUT2D eigenvalue weighted by Crippen LogP contribution is -2.08. The molecule has 0 atom stereocenters. The van der Waals surface area contributed by atoms with Crippen molar-refractivity contribution in [3.05, 3.63) is 36.2 Å². The number of anilines is 2. The Hall–Kier alpha value is -2.14. The average Bonchev–Trinajstić information content (AvgIpc) is 2.38. The smallest absolute Gasteiger partial charge is 0.157 e. The Morgan fingerprint density at radius 1 is 1.16 bits per heavy atom. The van der Waals surface area contributed by atoms with E-state index in [1.807, 2.05) is 38.4 Å². The second-order valence-corrected chi connectivity index (χ2v) is 4.47. The lowest BCUT2D eigenvalue weighted by atomic mass is 10.1. The van der Waals surface area contributed by atoms with Gasteiger partial charge in [-0.2, -0.15) is 0 Å². The number of methoxy groups -OCH3 is 1. The molecule has 0 saturated heterocycles. The molecule has 0 spiro atoms. The van der Waals surface area contributed by atoms with Crippen molar-refractivity contribution < 1.29 is 4.74 Å². The van der Waals surface area contributed by atoms with Gasteiger partial charge in [-0.15, -0.1) is 0 Å². The van der Waals surface area contributed by atoms with Gasteiger partial charge < -0.3 is 15.4 Å². The molecule has 1 heterocycles. The van der Waals surface area contributed by atoms with Crippen molar-refractivity contribution in [1.29, 1.82) is 0 Å². The van der Waals surface area contributed by atoms with Crippen molar-refractivity contribution in [2.75, 3.05) is 31.8 Å². The van der Waals surface area contributed by atoms with Gasteiger partial charge in [-0.25, -0.2) is 9.97 Å². The lowest BCUT2D eigenvalue weighted by molar-refractivity contribution is 0.178. The van der Waals surface area contributed by atoms with Crippen molar-refractivity contribution in [1.82, 2.24) is 9.97 Å². The summed E-state index contributed by atoms with van der Waals surface area (Å²) < 4.78 is 5.04. The highest BCUT2D eigenvalue weighted by molar-refractivity contribution is 5.64. The van der Waals surface area contributed by atoms with Crippen LogP contribution in [0.3, 0.4) is 0 Å². The number of aromatic nitrogens is 2. The van der Waals surface area contributed by atoms with Gasteiger partial charge in [0.15, 0.2) is 5.82 Å². The molecule has 0 fully saturated rings. The molecule has 0 aliphatic rings. The molecule has 2 N–H and O–H groups in total. The Kier molecular flexibility index (Phi) is 3.97. The van der Waals surface area contributed by atoms with Crippen LogP contribution in [0, 0.1) is 0 Å². The van der Waals surface area contributed by atoms with Crippen LogP contribution in [-0.2, 0) is 11.3 Å². The van der Waals surface area contributed by atoms with Gasteiger partial charge in [0, 0.05) is 38.5 Å². The van der Waals surface area contributed by atoms with Crippen molar-refractivity contribution in [2.45, 2.75) is 6.61 Å². The Balaban J connectivity index is 2.35. The number of ether oxygens (including phenoxy) is 1. The molecular formula is C14H18N4O. The van der Waals surface area contributed by atoms with Gasteiger partial charge in [0.05, 0.1) is 5.69 Å². The maximum absolute atomic E-state index is 5.79. The molecule has 0 aliphatic heterocycles. The first kappa shape index (κ1) is 13.3. The molecule has 0 radical (unpaired) electrons. The van der Waals surface area contributed by atoms with Gasteiger partial charge >= 0.3 is 0 Å². The second kappa shape index (κ2) is 5.67. The van der Waals surface area contributed by atoms with Crippen LogP contribution < -0.4 is 10.6 Å². The van der Waals surface area contributed by atoms with Gasteiger partial charge in [0.1, 0.15) is 12.4 Å². The largest absolute Gasteiger partial charge is 0.384 e. The third-order valence-electron chi connectivity index (χ3n) is 2.75. The van der Waals surface area contributed by atoms with Crippen LogP contribution in [0.2, 0.25) is 0 Å². The lowest BCUT2D eigenvalue weighted by Gasteiger charge is -2.12. The zero-order chi connectivity index (χ0) is 13.8. The SMILES string of the molecule is COCc1nc(N)cc(-c2ccc(N(C)C)cc2)n1. The van der Waals surface area contributed by atoms with E-state index in [1.54, 1.807) is 13.2 Å². The van der Waals surface area contributed by atoms with Crippen LogP contribution in [0.15, 0.2) is 30.3 Å². The molecule has 5 nitrogen and oxygen atoms in total. The molecule has 1 aromatic heterocycles. The minimum Gasteiger partial charge on any atom is -0.384 e. The Morgan fingerprint density at radius 2 is 1.84 bits per heavy atom. The molecule has 1 aromatic carbocycles. The zero-order valence-electron chi connectivity index (χ0n) is 11.4. The normalized spacial score (nSPS) is 10.5. The summed E-state index contributed by atoms with van der Waals surface area (Å²) in [5.74, 6) is 1.04. The van der Waals surface area contributed by atoms with E-state index in [2.05, 4.69) is 14.9 Å². The van der Waals surface area contributed by atoms with E-state index in [0.29, 0.717) is 18.2 Å². The van der Waals surface area contributed by atoms with Crippen LogP contribution in [0.5, 0.6) is 0 Å². The first-order chi connectivity index (χ1) is 9.10. The van der Waals surface area contributed by atoms with E-state index in [9.17, 15) is 0 Å². The number of rotatable bonds is 4. The van der Waals surface area contributed by atoms with Gasteiger partial charge in [-0.1, -0.05) is 12.1 Å². The molecule has 0 saturated carbocycles. The highest BCUT2D eigenvalue weighted by Gasteiger charge is 2.05. The van der Waals surface area contributed by atoms with Crippen LogP contribution in [0.25, 0.3) is 11.3 Å². The van der Waals surface area contributed by atoms with Gasteiger partial charge in [0.25, 0.3) is 0 Å². The van der Waals surface area contributed by atoms with E-state index < -0.39 is 0 Å². The Labute approximate surface area is 113 Å². The summed E-state index contributed by atoms with van der Waals surface area (Å²) in [6.45, 7) is 0.355. The molecular weight excluding hydrogens is 240 g/mol. The first-order valence-corrected chi connectivity index (χ1v) is 6.00. The van der Waals surface area contributed by atoms with Crippen molar-refractivity contribution in [3.8, 4) is 11.3 Å². The number of nitrogens with two attached hydrogens (primary N) is 1. The number of hydrogen-bond donors (Lipinski definition) is 1. The summed E-state index contributed by atoms with van der Waals surface area (Å²) >= 11 is 0. The summed E-state index contributed by atoms with van der Waals surface area (Å²) in [6, 6.07) is 9.90. The van der Waals surface area contributed by atoms with Gasteiger partial charge in [-0.3, -0.25) is 0 Å². The predicted molar refractivity (Wildman–Crippen MR) is 76.9 cm³/mol. The summed E-state index contributed by atoms with van der Waals surface area (Å²) in [5, 5.41) is 0. The molecule has 0 amide bonds. The molecule has 0 unspecified atom stereocenters. The van der Waals surface area contributed by atoms with Crippen LogP contribution in [0.4, 0.5) is 11.5 Å². The Morgan fingerprint density at radius 3 is 2.42 bits per heavy atom. The van der Waals surface area contributed by atoms with Gasteiger partial charge in [-0.05, 0) is 12.1 Å². The fraction of sp³-hybridized carbons (Fsp3) is 0.286. The monoisotopic (exact) mass is 258 g/mol. The van der Waals surface area contributed by atoms with Crippen molar-refractivity contribution in [2.24, 2.45) is 0 Å². The average molecular weight is 258 g/mol. The van der Waals surface area contributed by atoms with Gasteiger partial charge in [0.2, 0.25) is 0 Å². The maximum Gasteiger partial charge on any atom is 0.157 e. The van der Waals surface area contributed by atoms with E-state index in [-0.39, 0.29) is 0 Å². The van der Waals surface area contributed by atoms with Crippen molar-refractivity contribution in [3.63, 3.8) is 0 Å². The predicted octanol–water partition coefficient (Wildman–Crippen LogP) is 1.94.